The zero-order valence-electron chi connectivity index (χ0n) is 14.0. The van der Waals surface area contributed by atoms with E-state index in [2.05, 4.69) is 42.2 Å². The summed E-state index contributed by atoms with van der Waals surface area (Å²) in [7, 11) is 0. The van der Waals surface area contributed by atoms with Crippen LogP contribution in [0, 0.1) is 21.4 Å². The maximum absolute atomic E-state index is 12.3. The number of amides is 1. The van der Waals surface area contributed by atoms with Gasteiger partial charge in [0.1, 0.15) is 11.6 Å². The van der Waals surface area contributed by atoms with Crippen molar-refractivity contribution in [1.82, 2.24) is 4.98 Å². The van der Waals surface area contributed by atoms with Gasteiger partial charge in [-0.05, 0) is 34.1 Å². The van der Waals surface area contributed by atoms with Crippen molar-refractivity contribution in [2.24, 2.45) is 0 Å². The molecule has 140 valence electrons. The topological polar surface area (TPSA) is 118 Å². The van der Waals surface area contributed by atoms with E-state index in [4.69, 9.17) is 10.00 Å². The molecule has 0 saturated heterocycles. The number of nitrogens with one attached hydrogen (secondary N) is 1. The minimum absolute atomic E-state index is 0.0144. The fourth-order valence-corrected chi connectivity index (χ4v) is 3.84. The van der Waals surface area contributed by atoms with Crippen molar-refractivity contribution in [3.05, 3.63) is 67.2 Å². The maximum Gasteiger partial charge on any atom is 0.270 e. The molecule has 0 saturated carbocycles. The molecule has 8 nitrogen and oxygen atoms in total. The minimum Gasteiger partial charge on any atom is -0.480 e. The predicted octanol–water partition coefficient (Wildman–Crippen LogP) is 4.56. The molecular formula is C18H10Br2N4O4. The van der Waals surface area contributed by atoms with Crippen molar-refractivity contribution in [1.29, 1.82) is 5.26 Å². The second kappa shape index (κ2) is 8.33. The molecule has 0 radical (unpaired) electrons. The normalized spacial score (nSPS) is 10.3. The molecule has 1 amide bonds. The summed E-state index contributed by atoms with van der Waals surface area (Å²) < 4.78 is 7.08. The van der Waals surface area contributed by atoms with E-state index < -0.39 is 10.8 Å². The molecule has 0 spiro atoms. The molecule has 0 aliphatic heterocycles. The first-order chi connectivity index (χ1) is 13.4. The van der Waals surface area contributed by atoms with Gasteiger partial charge in [-0.25, -0.2) is 0 Å². The van der Waals surface area contributed by atoms with Crippen LogP contribution in [0.3, 0.4) is 0 Å². The molecule has 1 aromatic heterocycles. The van der Waals surface area contributed by atoms with Gasteiger partial charge in [0.25, 0.3) is 11.6 Å². The summed E-state index contributed by atoms with van der Waals surface area (Å²) in [6.07, 6.45) is 1.62. The molecule has 10 heteroatoms. The van der Waals surface area contributed by atoms with Gasteiger partial charge >= 0.3 is 0 Å². The van der Waals surface area contributed by atoms with E-state index in [1.165, 1.54) is 12.1 Å². The number of carbonyl (C=O) groups excluding carboxylic acids is 1. The smallest absolute Gasteiger partial charge is 0.270 e. The van der Waals surface area contributed by atoms with Crippen molar-refractivity contribution in [2.45, 2.75) is 0 Å². The van der Waals surface area contributed by atoms with Crippen LogP contribution < -0.4 is 10.1 Å². The lowest BCUT2D eigenvalue weighted by atomic mass is 10.1. The lowest BCUT2D eigenvalue weighted by molar-refractivity contribution is -0.384. The van der Waals surface area contributed by atoms with Crippen LogP contribution in [0.15, 0.2) is 51.5 Å². The summed E-state index contributed by atoms with van der Waals surface area (Å²) in [5.41, 5.74) is 0.491. The number of hydrogen-bond donors (Lipinski definition) is 1. The number of fused-ring (bicyclic) bond motifs is 1. The van der Waals surface area contributed by atoms with E-state index in [0.717, 1.165) is 15.9 Å². The molecule has 1 heterocycles. The summed E-state index contributed by atoms with van der Waals surface area (Å²) in [6.45, 7) is -0.340. The van der Waals surface area contributed by atoms with Crippen LogP contribution in [-0.2, 0) is 4.79 Å². The lowest BCUT2D eigenvalue weighted by Crippen LogP contribution is -2.21. The molecule has 1 N–H and O–H groups in total. The Balaban J connectivity index is 1.78. The number of nitrogens with zero attached hydrogens (tertiary/aromatic N) is 3. The number of anilines is 1. The molecule has 0 aliphatic carbocycles. The standard InChI is InChI=1S/C18H10Br2N4O4/c19-13-7-14(20)18(17-12(13)2-1-5-22-17)28-9-16(25)23-15-4-3-11(24(26)27)6-10(15)8-21/h1-7H,9H2,(H,23,25). The summed E-state index contributed by atoms with van der Waals surface area (Å²) in [5, 5.41) is 23.3. The van der Waals surface area contributed by atoms with E-state index in [-0.39, 0.29) is 23.5 Å². The average molecular weight is 506 g/mol. The molecular weight excluding hydrogens is 496 g/mol. The highest BCUT2D eigenvalue weighted by molar-refractivity contribution is 9.11. The van der Waals surface area contributed by atoms with Crippen molar-refractivity contribution >= 4 is 60.0 Å². The fourth-order valence-electron chi connectivity index (χ4n) is 2.46. The summed E-state index contributed by atoms with van der Waals surface area (Å²) >= 11 is 6.85. The number of ether oxygens (including phenoxy) is 1. The van der Waals surface area contributed by atoms with Gasteiger partial charge in [0.15, 0.2) is 12.4 Å². The molecule has 0 bridgehead atoms. The van der Waals surface area contributed by atoms with Gasteiger partial charge in [-0.2, -0.15) is 5.26 Å². The summed E-state index contributed by atoms with van der Waals surface area (Å²) in [4.78, 5) is 26.7. The van der Waals surface area contributed by atoms with E-state index in [9.17, 15) is 14.9 Å². The molecule has 2 aromatic carbocycles. The number of nitro groups is 1. The Labute approximate surface area is 175 Å². The number of halogens is 2. The number of non-ortho nitro benzene ring substituents is 1. The number of pyridine rings is 1. The van der Waals surface area contributed by atoms with Crippen LogP contribution in [0.1, 0.15) is 5.56 Å². The van der Waals surface area contributed by atoms with Crippen LogP contribution in [0.25, 0.3) is 10.9 Å². The Morgan fingerprint density at radius 3 is 2.79 bits per heavy atom. The van der Waals surface area contributed by atoms with E-state index in [1.807, 2.05) is 12.1 Å². The Kier molecular flexibility index (Phi) is 5.87. The Bertz CT molecular complexity index is 1140. The Hall–Kier alpha value is -3.03. The average Bonchev–Trinajstić information content (AvgIpc) is 2.68. The second-order valence-corrected chi connectivity index (χ2v) is 7.21. The number of hydrogen-bond acceptors (Lipinski definition) is 6. The van der Waals surface area contributed by atoms with Crippen molar-refractivity contribution in [3.8, 4) is 11.8 Å². The number of benzene rings is 2. The largest absolute Gasteiger partial charge is 0.480 e. The first-order valence-electron chi connectivity index (χ1n) is 7.74. The molecule has 3 aromatic rings. The highest BCUT2D eigenvalue weighted by Crippen LogP contribution is 2.37. The zero-order chi connectivity index (χ0) is 20.3. The number of carbonyl (C=O) groups is 1. The molecule has 0 atom stereocenters. The van der Waals surface area contributed by atoms with E-state index in [0.29, 0.717) is 15.7 Å². The molecule has 28 heavy (non-hydrogen) atoms. The van der Waals surface area contributed by atoms with Crippen molar-refractivity contribution < 1.29 is 14.5 Å². The van der Waals surface area contributed by atoms with Gasteiger partial charge in [0, 0.05) is 28.2 Å². The van der Waals surface area contributed by atoms with Crippen molar-refractivity contribution in [2.75, 3.05) is 11.9 Å². The van der Waals surface area contributed by atoms with Gasteiger partial charge < -0.3 is 10.1 Å². The van der Waals surface area contributed by atoms with Crippen LogP contribution in [0.5, 0.6) is 5.75 Å². The third-order valence-corrected chi connectivity index (χ3v) is 4.95. The highest BCUT2D eigenvalue weighted by Gasteiger charge is 2.16. The number of aromatic nitrogens is 1. The molecule has 0 unspecified atom stereocenters. The Morgan fingerprint density at radius 1 is 1.29 bits per heavy atom. The van der Waals surface area contributed by atoms with Gasteiger partial charge in [0.05, 0.1) is 20.6 Å². The van der Waals surface area contributed by atoms with Crippen molar-refractivity contribution in [3.63, 3.8) is 0 Å². The second-order valence-electron chi connectivity index (χ2n) is 5.50. The zero-order valence-corrected chi connectivity index (χ0v) is 17.2. The number of nitriles is 1. The highest BCUT2D eigenvalue weighted by atomic mass is 79.9. The van der Waals surface area contributed by atoms with Crippen LogP contribution in [-0.4, -0.2) is 22.4 Å². The molecule has 0 fully saturated rings. The SMILES string of the molecule is N#Cc1cc([N+](=O)[O-])ccc1NC(=O)COc1c(Br)cc(Br)c2cccnc12. The first kappa shape index (κ1) is 19.7. The first-order valence-corrected chi connectivity index (χ1v) is 9.33. The quantitative estimate of drug-likeness (QED) is 0.401. The van der Waals surface area contributed by atoms with Crippen LogP contribution in [0.2, 0.25) is 0 Å². The van der Waals surface area contributed by atoms with Crippen LogP contribution >= 0.6 is 31.9 Å². The van der Waals surface area contributed by atoms with E-state index >= 15 is 0 Å². The van der Waals surface area contributed by atoms with Gasteiger partial charge in [-0.1, -0.05) is 22.0 Å². The third-order valence-electron chi connectivity index (χ3n) is 3.71. The number of nitro benzene ring substituents is 1. The van der Waals surface area contributed by atoms with Crippen LogP contribution in [0.4, 0.5) is 11.4 Å². The van der Waals surface area contributed by atoms with Gasteiger partial charge in [-0.15, -0.1) is 0 Å². The maximum atomic E-state index is 12.3. The Morgan fingerprint density at radius 2 is 2.07 bits per heavy atom. The molecule has 3 rings (SSSR count). The van der Waals surface area contributed by atoms with Gasteiger partial charge in [0.2, 0.25) is 0 Å². The predicted molar refractivity (Wildman–Crippen MR) is 109 cm³/mol. The minimum atomic E-state index is -0.612. The van der Waals surface area contributed by atoms with E-state index in [1.54, 1.807) is 18.3 Å². The van der Waals surface area contributed by atoms with Gasteiger partial charge in [-0.3, -0.25) is 19.9 Å². The fraction of sp³-hybridized carbons (Fsp3) is 0.0556. The monoisotopic (exact) mass is 504 g/mol. The summed E-state index contributed by atoms with van der Waals surface area (Å²) in [5.74, 6) is -0.123. The third kappa shape index (κ3) is 4.11. The molecule has 0 aliphatic rings. The number of rotatable bonds is 5. The lowest BCUT2D eigenvalue weighted by Gasteiger charge is -2.12. The summed E-state index contributed by atoms with van der Waals surface area (Å²) in [6, 6.07) is 10.9.